The lowest BCUT2D eigenvalue weighted by Gasteiger charge is -2.03. The summed E-state index contributed by atoms with van der Waals surface area (Å²) in [4.78, 5) is 24.3. The van der Waals surface area contributed by atoms with Gasteiger partial charge in [0.1, 0.15) is 6.61 Å². The lowest BCUT2D eigenvalue weighted by molar-refractivity contribution is 0.0475. The van der Waals surface area contributed by atoms with E-state index in [0.717, 1.165) is 5.56 Å². The van der Waals surface area contributed by atoms with Gasteiger partial charge >= 0.3 is 12.0 Å². The van der Waals surface area contributed by atoms with Crippen molar-refractivity contribution in [3.05, 3.63) is 71.9 Å². The second-order valence-electron chi connectivity index (χ2n) is 5.05. The second-order valence-corrected chi connectivity index (χ2v) is 5.05. The Morgan fingerprint density at radius 2 is 1.74 bits per heavy atom. The zero-order chi connectivity index (χ0) is 16.2. The molecule has 0 radical (unpaired) electrons. The molecule has 1 N–H and O–H groups in total. The van der Waals surface area contributed by atoms with Crippen molar-refractivity contribution in [3.8, 4) is 0 Å². The van der Waals surface area contributed by atoms with Crippen molar-refractivity contribution in [2.75, 3.05) is 7.05 Å². The molecule has 116 valence electrons. The number of hydrogen-bond acceptors (Lipinski definition) is 3. The van der Waals surface area contributed by atoms with Crippen molar-refractivity contribution in [3.63, 3.8) is 0 Å². The number of para-hydroxylation sites is 1. The molecule has 1 heterocycles. The monoisotopic (exact) mass is 308 g/mol. The summed E-state index contributed by atoms with van der Waals surface area (Å²) in [5.41, 5.74) is 1.95. The molecule has 0 spiro atoms. The van der Waals surface area contributed by atoms with E-state index in [1.54, 1.807) is 19.2 Å². The first kappa shape index (κ1) is 14.8. The predicted molar refractivity (Wildman–Crippen MR) is 87.4 cm³/mol. The van der Waals surface area contributed by atoms with Gasteiger partial charge in [0, 0.05) is 18.6 Å². The van der Waals surface area contributed by atoms with Crippen LogP contribution in [0.1, 0.15) is 15.9 Å². The molecule has 5 nitrogen and oxygen atoms in total. The van der Waals surface area contributed by atoms with Crippen molar-refractivity contribution in [1.82, 2.24) is 9.88 Å². The van der Waals surface area contributed by atoms with Crippen LogP contribution < -0.4 is 5.32 Å². The molecule has 5 heteroatoms. The number of esters is 1. The molecular formula is C18H16N2O3. The number of rotatable bonds is 3. The highest BCUT2D eigenvalue weighted by atomic mass is 16.5. The van der Waals surface area contributed by atoms with Gasteiger partial charge in [0.15, 0.2) is 0 Å². The summed E-state index contributed by atoms with van der Waals surface area (Å²) in [7, 11) is 1.55. The lowest BCUT2D eigenvalue weighted by Crippen LogP contribution is -2.23. The van der Waals surface area contributed by atoms with Gasteiger partial charge in [0.25, 0.3) is 0 Å². The molecule has 0 unspecified atom stereocenters. The van der Waals surface area contributed by atoms with Crippen molar-refractivity contribution in [1.29, 1.82) is 0 Å². The minimum Gasteiger partial charge on any atom is -0.457 e. The Morgan fingerprint density at radius 1 is 1.04 bits per heavy atom. The van der Waals surface area contributed by atoms with Gasteiger partial charge in [-0.3, -0.25) is 4.57 Å². The topological polar surface area (TPSA) is 60.3 Å². The summed E-state index contributed by atoms with van der Waals surface area (Å²) >= 11 is 0. The number of hydrogen-bond donors (Lipinski definition) is 1. The highest BCUT2D eigenvalue weighted by Crippen LogP contribution is 2.22. The number of nitrogens with one attached hydrogen (secondary N) is 1. The lowest BCUT2D eigenvalue weighted by atomic mass is 10.2. The van der Waals surface area contributed by atoms with Crippen LogP contribution in [0.25, 0.3) is 10.9 Å². The van der Waals surface area contributed by atoms with E-state index in [2.05, 4.69) is 5.32 Å². The molecule has 0 atom stereocenters. The van der Waals surface area contributed by atoms with Crippen molar-refractivity contribution < 1.29 is 14.3 Å². The van der Waals surface area contributed by atoms with Crippen LogP contribution in [0.15, 0.2) is 60.8 Å². The third-order valence-electron chi connectivity index (χ3n) is 3.58. The highest BCUT2D eigenvalue weighted by Gasteiger charge is 2.18. The van der Waals surface area contributed by atoms with Crippen LogP contribution in [0.4, 0.5) is 4.79 Å². The fourth-order valence-electron chi connectivity index (χ4n) is 2.43. The van der Waals surface area contributed by atoms with E-state index in [1.165, 1.54) is 10.8 Å². The van der Waals surface area contributed by atoms with Gasteiger partial charge in [0.2, 0.25) is 0 Å². The highest BCUT2D eigenvalue weighted by molar-refractivity contribution is 6.07. The molecule has 0 fully saturated rings. The molecule has 0 saturated carbocycles. The maximum Gasteiger partial charge on any atom is 0.340 e. The number of amides is 1. The number of benzene rings is 2. The first-order valence-electron chi connectivity index (χ1n) is 7.24. The standard InChI is InChI=1S/C18H16N2O3/c1-19-18(22)20-11-15(14-9-5-6-10-16(14)20)17(21)23-12-13-7-3-2-4-8-13/h2-11H,12H2,1H3,(H,19,22). The molecule has 2 aromatic carbocycles. The first-order chi connectivity index (χ1) is 11.2. The molecule has 0 saturated heterocycles. The summed E-state index contributed by atoms with van der Waals surface area (Å²) < 4.78 is 6.78. The largest absolute Gasteiger partial charge is 0.457 e. The summed E-state index contributed by atoms with van der Waals surface area (Å²) in [5, 5.41) is 3.24. The van der Waals surface area contributed by atoms with Gasteiger partial charge in [-0.1, -0.05) is 48.5 Å². The quantitative estimate of drug-likeness (QED) is 0.756. The van der Waals surface area contributed by atoms with Gasteiger partial charge < -0.3 is 10.1 Å². The average Bonchev–Trinajstić information content (AvgIpc) is 3.00. The Kier molecular flexibility index (Phi) is 4.10. The van der Waals surface area contributed by atoms with E-state index >= 15 is 0 Å². The molecular weight excluding hydrogens is 292 g/mol. The third kappa shape index (κ3) is 2.94. The smallest absolute Gasteiger partial charge is 0.340 e. The van der Waals surface area contributed by atoms with Gasteiger partial charge in [-0.15, -0.1) is 0 Å². The van der Waals surface area contributed by atoms with Crippen LogP contribution >= 0.6 is 0 Å². The maximum atomic E-state index is 12.4. The molecule has 3 aromatic rings. The van der Waals surface area contributed by atoms with Crippen molar-refractivity contribution in [2.45, 2.75) is 6.61 Å². The maximum absolute atomic E-state index is 12.4. The zero-order valence-corrected chi connectivity index (χ0v) is 12.7. The molecule has 0 aliphatic heterocycles. The summed E-state index contributed by atoms with van der Waals surface area (Å²) in [5.74, 6) is -0.451. The third-order valence-corrected chi connectivity index (χ3v) is 3.58. The SMILES string of the molecule is CNC(=O)n1cc(C(=O)OCc2ccccc2)c2ccccc21. The number of nitrogens with zero attached hydrogens (tertiary/aromatic N) is 1. The zero-order valence-electron chi connectivity index (χ0n) is 12.7. The Labute approximate surface area is 133 Å². The predicted octanol–water partition coefficient (Wildman–Crippen LogP) is 3.19. The van der Waals surface area contributed by atoms with Crippen LogP contribution in [0.5, 0.6) is 0 Å². The van der Waals surface area contributed by atoms with E-state index in [1.807, 2.05) is 42.5 Å². The molecule has 1 aromatic heterocycles. The van der Waals surface area contributed by atoms with E-state index < -0.39 is 5.97 Å². The second kappa shape index (κ2) is 6.36. The van der Waals surface area contributed by atoms with Gasteiger partial charge in [-0.05, 0) is 11.6 Å². The van der Waals surface area contributed by atoms with E-state index in [9.17, 15) is 9.59 Å². The fraction of sp³-hybridized carbons (Fsp3) is 0.111. The Morgan fingerprint density at radius 3 is 2.48 bits per heavy atom. The van der Waals surface area contributed by atoms with Crippen LogP contribution in [0, 0.1) is 0 Å². The molecule has 23 heavy (non-hydrogen) atoms. The minimum absolute atomic E-state index is 0.194. The van der Waals surface area contributed by atoms with Crippen molar-refractivity contribution >= 4 is 22.9 Å². The molecule has 1 amide bonds. The van der Waals surface area contributed by atoms with Gasteiger partial charge in [-0.2, -0.15) is 0 Å². The summed E-state index contributed by atoms with van der Waals surface area (Å²) in [6, 6.07) is 16.4. The number of carbonyl (C=O) groups is 2. The van der Waals surface area contributed by atoms with Crippen molar-refractivity contribution in [2.24, 2.45) is 0 Å². The molecule has 0 aliphatic rings. The Bertz CT molecular complexity index is 853. The molecule has 0 aliphatic carbocycles. The number of carbonyl (C=O) groups excluding carboxylic acids is 2. The van der Waals surface area contributed by atoms with Crippen LogP contribution in [-0.4, -0.2) is 23.6 Å². The summed E-state index contributed by atoms with van der Waals surface area (Å²) in [6.07, 6.45) is 1.51. The van der Waals surface area contributed by atoms with Gasteiger partial charge in [0.05, 0.1) is 11.1 Å². The van der Waals surface area contributed by atoms with E-state index in [-0.39, 0.29) is 12.6 Å². The first-order valence-corrected chi connectivity index (χ1v) is 7.24. The fourth-order valence-corrected chi connectivity index (χ4v) is 2.43. The van der Waals surface area contributed by atoms with E-state index in [4.69, 9.17) is 4.74 Å². The minimum atomic E-state index is -0.451. The normalized spacial score (nSPS) is 10.5. The summed E-state index contributed by atoms with van der Waals surface area (Å²) in [6.45, 7) is 0.194. The van der Waals surface area contributed by atoms with Gasteiger partial charge in [-0.25, -0.2) is 9.59 Å². The molecule has 3 rings (SSSR count). The van der Waals surface area contributed by atoms with Crippen LogP contribution in [0.3, 0.4) is 0 Å². The van der Waals surface area contributed by atoms with E-state index in [0.29, 0.717) is 16.5 Å². The number of aromatic nitrogens is 1. The molecule has 0 bridgehead atoms. The Hall–Kier alpha value is -3.08. The number of fused-ring (bicyclic) bond motifs is 1. The average molecular weight is 308 g/mol. The number of ether oxygens (including phenoxy) is 1. The van der Waals surface area contributed by atoms with Crippen LogP contribution in [-0.2, 0) is 11.3 Å². The van der Waals surface area contributed by atoms with Crippen LogP contribution in [0.2, 0.25) is 0 Å². The Balaban J connectivity index is 1.90.